The third-order valence-electron chi connectivity index (χ3n) is 3.77. The molecule has 2 N–H and O–H groups in total. The van der Waals surface area contributed by atoms with Gasteiger partial charge in [0.15, 0.2) is 0 Å². The van der Waals surface area contributed by atoms with Crippen molar-refractivity contribution in [3.8, 4) is 0 Å². The highest BCUT2D eigenvalue weighted by Crippen LogP contribution is 2.34. The number of carbonyl (C=O) groups is 1. The Morgan fingerprint density at radius 1 is 1.14 bits per heavy atom. The summed E-state index contributed by atoms with van der Waals surface area (Å²) in [6.45, 7) is 1.96. The zero-order valence-electron chi connectivity index (χ0n) is 15.3. The van der Waals surface area contributed by atoms with E-state index in [0.717, 1.165) is 4.47 Å². The molecule has 3 aromatic rings. The molecule has 9 nitrogen and oxygen atoms in total. The number of carbonyl (C=O) groups excluding carboxylic acids is 1. The van der Waals surface area contributed by atoms with Gasteiger partial charge in [0.05, 0.1) is 22.8 Å². The number of hydrogen-bond acceptors (Lipinski definition) is 8. The Balaban J connectivity index is 1.94. The zero-order chi connectivity index (χ0) is 20.8. The molecule has 148 valence electrons. The van der Waals surface area contributed by atoms with Crippen molar-refractivity contribution in [2.24, 2.45) is 0 Å². The molecule has 0 spiro atoms. The molecule has 0 aliphatic heterocycles. The lowest BCUT2D eigenvalue weighted by Gasteiger charge is -2.11. The number of benzene rings is 2. The number of anilines is 4. The molecular formula is C19H16BrN5O4. The average Bonchev–Trinajstić information content (AvgIpc) is 2.70. The number of hydrogen-bond donors (Lipinski definition) is 2. The molecule has 0 fully saturated rings. The van der Waals surface area contributed by atoms with Crippen molar-refractivity contribution < 1.29 is 14.5 Å². The molecule has 10 heteroatoms. The highest BCUT2D eigenvalue weighted by Gasteiger charge is 2.24. The van der Waals surface area contributed by atoms with Crippen molar-refractivity contribution in [2.75, 3.05) is 17.2 Å². The van der Waals surface area contributed by atoms with E-state index in [1.165, 1.54) is 12.4 Å². The second-order valence-electron chi connectivity index (χ2n) is 5.71. The average molecular weight is 458 g/mol. The van der Waals surface area contributed by atoms with Gasteiger partial charge in [-0.1, -0.05) is 18.2 Å². The second kappa shape index (κ2) is 9.11. The molecular weight excluding hydrogens is 442 g/mol. The van der Waals surface area contributed by atoms with Crippen LogP contribution in [0.1, 0.15) is 17.3 Å². The maximum absolute atomic E-state index is 11.9. The molecule has 0 bridgehead atoms. The Labute approximate surface area is 174 Å². The summed E-state index contributed by atoms with van der Waals surface area (Å²) in [7, 11) is 0. The number of aromatic nitrogens is 2. The van der Waals surface area contributed by atoms with E-state index in [-0.39, 0.29) is 23.9 Å². The van der Waals surface area contributed by atoms with E-state index in [2.05, 4.69) is 36.5 Å². The lowest BCUT2D eigenvalue weighted by molar-refractivity contribution is -0.383. The van der Waals surface area contributed by atoms with Gasteiger partial charge in [0.1, 0.15) is 6.33 Å². The second-order valence-corrected chi connectivity index (χ2v) is 6.56. The molecule has 0 radical (unpaired) electrons. The van der Waals surface area contributed by atoms with Crippen LogP contribution in [0.3, 0.4) is 0 Å². The van der Waals surface area contributed by atoms with E-state index in [0.29, 0.717) is 16.9 Å². The fourth-order valence-electron chi connectivity index (χ4n) is 2.50. The van der Waals surface area contributed by atoms with Gasteiger partial charge in [0, 0.05) is 10.2 Å². The molecule has 0 aliphatic rings. The van der Waals surface area contributed by atoms with Crippen molar-refractivity contribution in [2.45, 2.75) is 6.92 Å². The molecule has 0 saturated carbocycles. The van der Waals surface area contributed by atoms with Gasteiger partial charge in [0.2, 0.25) is 11.6 Å². The molecule has 0 amide bonds. The number of nitrogens with zero attached hydrogens (tertiary/aromatic N) is 3. The highest BCUT2D eigenvalue weighted by atomic mass is 79.9. The third kappa shape index (κ3) is 4.85. The predicted molar refractivity (Wildman–Crippen MR) is 112 cm³/mol. The fourth-order valence-corrected chi connectivity index (χ4v) is 2.88. The number of esters is 1. The van der Waals surface area contributed by atoms with E-state index >= 15 is 0 Å². The lowest BCUT2D eigenvalue weighted by atomic mass is 10.2. The fraction of sp³-hybridized carbons (Fsp3) is 0.105. The maximum Gasteiger partial charge on any atom is 0.353 e. The van der Waals surface area contributed by atoms with Crippen molar-refractivity contribution in [3.63, 3.8) is 0 Å². The van der Waals surface area contributed by atoms with Crippen LogP contribution >= 0.6 is 15.9 Å². The van der Waals surface area contributed by atoms with Crippen molar-refractivity contribution >= 4 is 50.6 Å². The minimum absolute atomic E-state index is 0.0134. The monoisotopic (exact) mass is 457 g/mol. The molecule has 1 heterocycles. The van der Waals surface area contributed by atoms with E-state index in [9.17, 15) is 14.9 Å². The first-order valence-corrected chi connectivity index (χ1v) is 9.34. The summed E-state index contributed by atoms with van der Waals surface area (Å²) in [6, 6.07) is 13.6. The lowest BCUT2D eigenvalue weighted by Crippen LogP contribution is -2.07. The van der Waals surface area contributed by atoms with Gasteiger partial charge in [-0.2, -0.15) is 0 Å². The van der Waals surface area contributed by atoms with Crippen molar-refractivity contribution in [1.82, 2.24) is 9.97 Å². The summed E-state index contributed by atoms with van der Waals surface area (Å²) in [5.41, 5.74) is 1.05. The molecule has 3 rings (SSSR count). The molecule has 0 aliphatic carbocycles. The summed E-state index contributed by atoms with van der Waals surface area (Å²) in [6.07, 6.45) is 1.21. The molecule has 29 heavy (non-hydrogen) atoms. The SMILES string of the molecule is CCOC(=O)c1cccc(Nc2ncnc(Nc3ccccc3Br)c2[N+](=O)[O-])c1. The van der Waals surface area contributed by atoms with E-state index < -0.39 is 10.9 Å². The quantitative estimate of drug-likeness (QED) is 0.294. The van der Waals surface area contributed by atoms with Crippen molar-refractivity contribution in [3.05, 3.63) is 75.0 Å². The molecule has 0 saturated heterocycles. The first kappa shape index (κ1) is 20.2. The Morgan fingerprint density at radius 2 is 1.86 bits per heavy atom. The highest BCUT2D eigenvalue weighted by molar-refractivity contribution is 9.10. The van der Waals surface area contributed by atoms with E-state index in [1.807, 2.05) is 6.07 Å². The van der Waals surface area contributed by atoms with Gasteiger partial charge in [-0.15, -0.1) is 0 Å². The minimum Gasteiger partial charge on any atom is -0.462 e. The smallest absolute Gasteiger partial charge is 0.353 e. The van der Waals surface area contributed by atoms with Gasteiger partial charge in [-0.05, 0) is 53.2 Å². The van der Waals surface area contributed by atoms with Gasteiger partial charge in [-0.3, -0.25) is 10.1 Å². The Hall–Kier alpha value is -3.53. The number of para-hydroxylation sites is 1. The van der Waals surface area contributed by atoms with Gasteiger partial charge < -0.3 is 15.4 Å². The number of rotatable bonds is 7. The molecule has 2 aromatic carbocycles. The molecule has 0 atom stereocenters. The molecule has 1 aromatic heterocycles. The normalized spacial score (nSPS) is 10.3. The van der Waals surface area contributed by atoms with Crippen LogP contribution in [0.4, 0.5) is 28.7 Å². The first-order valence-electron chi connectivity index (χ1n) is 8.54. The summed E-state index contributed by atoms with van der Waals surface area (Å²) in [4.78, 5) is 31.1. The van der Waals surface area contributed by atoms with Crippen LogP contribution in [-0.4, -0.2) is 27.5 Å². The van der Waals surface area contributed by atoms with Crippen LogP contribution in [0.15, 0.2) is 59.3 Å². The standard InChI is InChI=1S/C19H16BrN5O4/c1-2-29-19(26)12-6-5-7-13(10-12)23-17-16(25(27)28)18(22-11-21-17)24-15-9-4-3-8-14(15)20/h3-11H,2H2,1H3,(H2,21,22,23,24). The maximum atomic E-state index is 11.9. The summed E-state index contributed by atoms with van der Waals surface area (Å²) in [5, 5.41) is 17.5. The number of halogens is 1. The van der Waals surface area contributed by atoms with Crippen molar-refractivity contribution in [1.29, 1.82) is 0 Å². The van der Waals surface area contributed by atoms with Crippen LogP contribution in [-0.2, 0) is 4.74 Å². The van der Waals surface area contributed by atoms with Gasteiger partial charge >= 0.3 is 11.7 Å². The Bertz CT molecular complexity index is 1060. The number of nitrogens with one attached hydrogen (secondary N) is 2. The summed E-state index contributed by atoms with van der Waals surface area (Å²) < 4.78 is 5.70. The predicted octanol–water partition coefficient (Wildman–Crippen LogP) is 4.81. The van der Waals surface area contributed by atoms with Crippen LogP contribution < -0.4 is 10.6 Å². The topological polar surface area (TPSA) is 119 Å². The first-order chi connectivity index (χ1) is 14.0. The number of nitro groups is 1. The van der Waals surface area contributed by atoms with Crippen LogP contribution in [0.25, 0.3) is 0 Å². The third-order valence-corrected chi connectivity index (χ3v) is 4.46. The van der Waals surface area contributed by atoms with E-state index in [1.54, 1.807) is 43.3 Å². The van der Waals surface area contributed by atoms with Gasteiger partial charge in [0.25, 0.3) is 0 Å². The van der Waals surface area contributed by atoms with Crippen LogP contribution in [0, 0.1) is 10.1 Å². The van der Waals surface area contributed by atoms with E-state index in [4.69, 9.17) is 4.74 Å². The van der Waals surface area contributed by atoms with Gasteiger partial charge in [-0.25, -0.2) is 14.8 Å². The summed E-state index contributed by atoms with van der Waals surface area (Å²) in [5.74, 6) is -0.467. The van der Waals surface area contributed by atoms with Crippen LogP contribution in [0.2, 0.25) is 0 Å². The van der Waals surface area contributed by atoms with Crippen LogP contribution in [0.5, 0.6) is 0 Å². The largest absolute Gasteiger partial charge is 0.462 e. The zero-order valence-corrected chi connectivity index (χ0v) is 16.8. The molecule has 0 unspecified atom stereocenters. The number of ether oxygens (including phenoxy) is 1. The Kier molecular flexibility index (Phi) is 6.35. The Morgan fingerprint density at radius 3 is 2.55 bits per heavy atom. The minimum atomic E-state index is -0.573. The summed E-state index contributed by atoms with van der Waals surface area (Å²) >= 11 is 3.39.